The van der Waals surface area contributed by atoms with Gasteiger partial charge in [0.15, 0.2) is 0 Å². The summed E-state index contributed by atoms with van der Waals surface area (Å²) in [7, 11) is -0.928. The molecule has 0 bridgehead atoms. The lowest BCUT2D eigenvalue weighted by atomic mass is 10.1. The van der Waals surface area contributed by atoms with Crippen LogP contribution >= 0.6 is 0 Å². The molecule has 0 aliphatic carbocycles. The fourth-order valence-corrected chi connectivity index (χ4v) is 8.85. The van der Waals surface area contributed by atoms with Gasteiger partial charge in [-0.2, -0.15) is 0 Å². The van der Waals surface area contributed by atoms with Crippen LogP contribution in [0.25, 0.3) is 0 Å². The van der Waals surface area contributed by atoms with E-state index in [1.54, 1.807) is 13.2 Å². The number of cyclic esters (lactones) is 1. The minimum atomic E-state index is -2.50. The van der Waals surface area contributed by atoms with Crippen molar-refractivity contribution in [3.05, 3.63) is 72.8 Å². The average molecular weight is 425 g/mol. The van der Waals surface area contributed by atoms with E-state index in [0.717, 1.165) is 12.8 Å². The van der Waals surface area contributed by atoms with Gasteiger partial charge in [0.25, 0.3) is 8.32 Å². The van der Waals surface area contributed by atoms with Gasteiger partial charge < -0.3 is 13.9 Å². The number of unbranched alkanes of at least 4 members (excludes halogenated alkanes) is 1. The van der Waals surface area contributed by atoms with E-state index in [9.17, 15) is 4.79 Å². The van der Waals surface area contributed by atoms with Crippen LogP contribution in [0.4, 0.5) is 0 Å². The normalized spacial score (nSPS) is 19.1. The zero-order chi connectivity index (χ0) is 21.7. The summed E-state index contributed by atoms with van der Waals surface area (Å²) in [4.78, 5) is 11.5. The van der Waals surface area contributed by atoms with Crippen molar-refractivity contribution in [2.75, 3.05) is 13.7 Å². The number of hydrogen-bond acceptors (Lipinski definition) is 4. The second-order valence-corrected chi connectivity index (χ2v) is 13.0. The number of rotatable bonds is 9. The highest BCUT2D eigenvalue weighted by Crippen LogP contribution is 2.37. The molecular weight excluding hydrogens is 392 g/mol. The van der Waals surface area contributed by atoms with E-state index in [0.29, 0.717) is 13.0 Å². The maximum absolute atomic E-state index is 11.5. The zero-order valence-corrected chi connectivity index (χ0v) is 19.4. The van der Waals surface area contributed by atoms with E-state index in [1.165, 1.54) is 16.4 Å². The van der Waals surface area contributed by atoms with Crippen LogP contribution in [0.5, 0.6) is 0 Å². The number of esters is 1. The zero-order valence-electron chi connectivity index (χ0n) is 18.4. The average Bonchev–Trinajstić information content (AvgIpc) is 3.12. The fourth-order valence-electron chi connectivity index (χ4n) is 4.24. The van der Waals surface area contributed by atoms with Crippen molar-refractivity contribution in [2.45, 2.75) is 50.9 Å². The van der Waals surface area contributed by atoms with Gasteiger partial charge in [0.2, 0.25) is 5.79 Å². The maximum atomic E-state index is 11.5. The molecule has 4 nitrogen and oxygen atoms in total. The topological polar surface area (TPSA) is 44.8 Å². The lowest BCUT2D eigenvalue weighted by Crippen LogP contribution is -2.66. The Morgan fingerprint density at radius 2 is 1.50 bits per heavy atom. The summed E-state index contributed by atoms with van der Waals surface area (Å²) in [5.41, 5.74) is 0. The first-order chi connectivity index (χ1) is 14.3. The lowest BCUT2D eigenvalue weighted by molar-refractivity contribution is -0.190. The number of carbonyl (C=O) groups excluding carboxylic acids is 1. The standard InChI is InChI=1S/C25H32O4Si/c1-24(2,3)30(21-13-7-5-8-14-21,22-15-9-6-10-16-22)28-20-12-11-18-25(27-4)19-17-23(26)29-25/h5-10,13-17,19H,11-12,18,20H2,1-4H3. The molecule has 2 aromatic rings. The molecule has 0 N–H and O–H groups in total. The van der Waals surface area contributed by atoms with Gasteiger partial charge in [0, 0.05) is 26.2 Å². The van der Waals surface area contributed by atoms with Crippen molar-refractivity contribution in [2.24, 2.45) is 0 Å². The van der Waals surface area contributed by atoms with Crippen LogP contribution in [-0.2, 0) is 18.7 Å². The Bertz CT molecular complexity index is 818. The minimum Gasteiger partial charge on any atom is -0.426 e. The number of carbonyl (C=O) groups is 1. The summed E-state index contributed by atoms with van der Waals surface area (Å²) < 4.78 is 17.7. The molecule has 2 aromatic carbocycles. The van der Waals surface area contributed by atoms with E-state index >= 15 is 0 Å². The third-order valence-electron chi connectivity index (χ3n) is 5.75. The van der Waals surface area contributed by atoms with Crippen LogP contribution < -0.4 is 10.4 Å². The van der Waals surface area contributed by atoms with Gasteiger partial charge in [-0.25, -0.2) is 4.79 Å². The number of hydrogen-bond donors (Lipinski definition) is 0. The van der Waals surface area contributed by atoms with Crippen LogP contribution in [0.3, 0.4) is 0 Å². The predicted molar refractivity (Wildman–Crippen MR) is 122 cm³/mol. The molecule has 1 atom stereocenters. The van der Waals surface area contributed by atoms with E-state index < -0.39 is 14.1 Å². The molecule has 1 aliphatic rings. The Labute approximate surface area is 181 Å². The van der Waals surface area contributed by atoms with Crippen molar-refractivity contribution in [1.29, 1.82) is 0 Å². The third-order valence-corrected chi connectivity index (χ3v) is 10.8. The largest absolute Gasteiger partial charge is 0.426 e. The molecule has 0 fully saturated rings. The van der Waals surface area contributed by atoms with E-state index in [-0.39, 0.29) is 11.0 Å². The minimum absolute atomic E-state index is 0.0345. The molecule has 0 radical (unpaired) electrons. The summed E-state index contributed by atoms with van der Waals surface area (Å²) >= 11 is 0. The van der Waals surface area contributed by atoms with E-state index in [4.69, 9.17) is 13.9 Å². The fraction of sp³-hybridized carbons (Fsp3) is 0.400. The van der Waals surface area contributed by atoms with Crippen LogP contribution in [-0.4, -0.2) is 33.8 Å². The van der Waals surface area contributed by atoms with E-state index in [1.807, 2.05) is 0 Å². The van der Waals surface area contributed by atoms with Gasteiger partial charge in [-0.3, -0.25) is 0 Å². The summed E-state index contributed by atoms with van der Waals surface area (Å²) in [6.07, 6.45) is 5.46. The van der Waals surface area contributed by atoms with Crippen LogP contribution in [0, 0.1) is 0 Å². The van der Waals surface area contributed by atoms with Gasteiger partial charge in [0.1, 0.15) is 0 Å². The molecule has 3 rings (SSSR count). The number of methoxy groups -OCH3 is 1. The first-order valence-corrected chi connectivity index (χ1v) is 12.5. The molecule has 0 aromatic heterocycles. The number of ether oxygens (including phenoxy) is 2. The van der Waals surface area contributed by atoms with Crippen LogP contribution in [0.2, 0.25) is 5.04 Å². The highest BCUT2D eigenvalue weighted by molar-refractivity contribution is 6.99. The first kappa shape index (κ1) is 22.5. The summed E-state index contributed by atoms with van der Waals surface area (Å²) in [5, 5.41) is 2.53. The monoisotopic (exact) mass is 424 g/mol. The SMILES string of the molecule is COC1(CCCCO[Si](c2ccccc2)(c2ccccc2)C(C)(C)C)C=CC(=O)O1. The molecule has 160 valence electrons. The van der Waals surface area contributed by atoms with Gasteiger partial charge in [-0.15, -0.1) is 0 Å². The Morgan fingerprint density at radius 3 is 1.93 bits per heavy atom. The Balaban J connectivity index is 1.77. The molecule has 1 heterocycles. The molecule has 5 heteroatoms. The van der Waals surface area contributed by atoms with Crippen molar-refractivity contribution < 1.29 is 18.7 Å². The highest BCUT2D eigenvalue weighted by Gasteiger charge is 2.50. The van der Waals surface area contributed by atoms with Crippen molar-refractivity contribution in [3.8, 4) is 0 Å². The van der Waals surface area contributed by atoms with Gasteiger partial charge in [-0.1, -0.05) is 81.4 Å². The molecule has 0 spiro atoms. The molecule has 0 saturated heterocycles. The van der Waals surface area contributed by atoms with Crippen molar-refractivity contribution in [3.63, 3.8) is 0 Å². The Morgan fingerprint density at radius 1 is 0.933 bits per heavy atom. The summed E-state index contributed by atoms with van der Waals surface area (Å²) in [5.74, 6) is -1.27. The highest BCUT2D eigenvalue weighted by atomic mass is 28.4. The van der Waals surface area contributed by atoms with Gasteiger partial charge in [0.05, 0.1) is 0 Å². The van der Waals surface area contributed by atoms with Crippen molar-refractivity contribution >= 4 is 24.7 Å². The second kappa shape index (κ2) is 9.29. The Hall–Kier alpha value is -2.21. The van der Waals surface area contributed by atoms with Gasteiger partial charge >= 0.3 is 5.97 Å². The molecule has 1 aliphatic heterocycles. The molecular formula is C25H32O4Si. The summed E-state index contributed by atoms with van der Waals surface area (Å²) in [6, 6.07) is 21.3. The molecule has 30 heavy (non-hydrogen) atoms. The van der Waals surface area contributed by atoms with Crippen LogP contribution in [0.1, 0.15) is 40.0 Å². The first-order valence-electron chi connectivity index (χ1n) is 10.6. The lowest BCUT2D eigenvalue weighted by Gasteiger charge is -2.43. The van der Waals surface area contributed by atoms with Gasteiger partial charge in [-0.05, 0) is 34.3 Å². The van der Waals surface area contributed by atoms with Crippen molar-refractivity contribution in [1.82, 2.24) is 0 Å². The molecule has 0 saturated carbocycles. The predicted octanol–water partition coefficient (Wildman–Crippen LogP) is 4.19. The Kier molecular flexibility index (Phi) is 6.96. The molecule has 1 unspecified atom stereocenters. The van der Waals surface area contributed by atoms with E-state index in [2.05, 4.69) is 81.4 Å². The van der Waals surface area contributed by atoms with Crippen LogP contribution in [0.15, 0.2) is 72.8 Å². The quantitative estimate of drug-likeness (QED) is 0.344. The maximum Gasteiger partial charge on any atom is 0.333 e. The smallest absolute Gasteiger partial charge is 0.333 e. The second-order valence-electron chi connectivity index (χ2n) is 8.74. The third kappa shape index (κ3) is 4.58. The molecule has 0 amide bonds. The summed E-state index contributed by atoms with van der Waals surface area (Å²) in [6.45, 7) is 7.48. The number of benzene rings is 2.